The molecule has 1 aromatic heterocycles. The van der Waals surface area contributed by atoms with Gasteiger partial charge in [-0.3, -0.25) is 9.78 Å². The van der Waals surface area contributed by atoms with E-state index >= 15 is 0 Å². The number of para-hydroxylation sites is 1. The van der Waals surface area contributed by atoms with E-state index in [0.29, 0.717) is 17.7 Å². The highest BCUT2D eigenvalue weighted by molar-refractivity contribution is 5.93. The van der Waals surface area contributed by atoms with Crippen LogP contribution >= 0.6 is 0 Å². The lowest BCUT2D eigenvalue weighted by Gasteiger charge is -2.21. The standard InChI is InChI=1S/C36H42FN3O/c1-26(28-21-22-29(32(37)25-28)27-15-7-6-8-16-27)36(41)39-24-14-5-3-2-4-13-23-38-35-30-17-9-11-19-33(30)40-34-20-12-10-18-31(34)35/h6-9,11,15-17,19,21-22,25-26H,2-5,10,12-14,18,20,23-24H2,1H3,(H,38,40)(H,39,41). The van der Waals surface area contributed by atoms with Crippen molar-refractivity contribution in [1.29, 1.82) is 0 Å². The largest absolute Gasteiger partial charge is 0.384 e. The number of pyridine rings is 1. The van der Waals surface area contributed by atoms with E-state index in [-0.39, 0.29) is 17.6 Å². The second-order valence-electron chi connectivity index (χ2n) is 11.3. The zero-order chi connectivity index (χ0) is 28.4. The molecule has 0 spiro atoms. The van der Waals surface area contributed by atoms with Crippen LogP contribution in [0.5, 0.6) is 0 Å². The molecule has 2 N–H and O–H groups in total. The molecule has 3 aromatic carbocycles. The first-order valence-electron chi connectivity index (χ1n) is 15.4. The summed E-state index contributed by atoms with van der Waals surface area (Å²) < 4.78 is 14.7. The van der Waals surface area contributed by atoms with Gasteiger partial charge in [0.1, 0.15) is 5.82 Å². The summed E-state index contributed by atoms with van der Waals surface area (Å²) in [6.45, 7) is 3.49. The first-order chi connectivity index (χ1) is 20.1. The summed E-state index contributed by atoms with van der Waals surface area (Å²) >= 11 is 0. The number of carbonyl (C=O) groups excluding carboxylic acids is 1. The summed E-state index contributed by atoms with van der Waals surface area (Å²) in [6.07, 6.45) is 11.5. The lowest BCUT2D eigenvalue weighted by molar-refractivity contribution is -0.122. The number of hydrogen-bond donors (Lipinski definition) is 2. The van der Waals surface area contributed by atoms with Crippen molar-refractivity contribution in [2.45, 2.75) is 77.0 Å². The number of carbonyl (C=O) groups is 1. The van der Waals surface area contributed by atoms with Gasteiger partial charge in [-0.15, -0.1) is 0 Å². The third kappa shape index (κ3) is 7.32. The Balaban J connectivity index is 0.978. The molecule has 1 aliphatic carbocycles. The number of amides is 1. The quantitative estimate of drug-likeness (QED) is 0.164. The number of rotatable bonds is 13. The normalized spacial score (nSPS) is 13.5. The van der Waals surface area contributed by atoms with Gasteiger partial charge in [-0.05, 0) is 74.3 Å². The number of hydrogen-bond acceptors (Lipinski definition) is 3. The summed E-state index contributed by atoms with van der Waals surface area (Å²) in [7, 11) is 0. The second kappa shape index (κ2) is 14.2. The van der Waals surface area contributed by atoms with E-state index in [1.165, 1.54) is 60.5 Å². The molecule has 0 aliphatic heterocycles. The van der Waals surface area contributed by atoms with Gasteiger partial charge < -0.3 is 10.6 Å². The number of unbranched alkanes of at least 4 members (excludes halogenated alkanes) is 5. The molecule has 1 aliphatic rings. The molecule has 4 aromatic rings. The van der Waals surface area contributed by atoms with Crippen LogP contribution in [0.25, 0.3) is 22.0 Å². The topological polar surface area (TPSA) is 54.0 Å². The van der Waals surface area contributed by atoms with Crippen molar-refractivity contribution in [2.75, 3.05) is 18.4 Å². The van der Waals surface area contributed by atoms with E-state index in [0.717, 1.165) is 49.7 Å². The number of fused-ring (bicyclic) bond motifs is 2. The average molecular weight is 552 g/mol. The van der Waals surface area contributed by atoms with Crippen molar-refractivity contribution in [1.82, 2.24) is 10.3 Å². The van der Waals surface area contributed by atoms with Crippen molar-refractivity contribution in [3.05, 3.63) is 95.4 Å². The fraction of sp³-hybridized carbons (Fsp3) is 0.389. The van der Waals surface area contributed by atoms with E-state index < -0.39 is 0 Å². The smallest absolute Gasteiger partial charge is 0.227 e. The van der Waals surface area contributed by atoms with Crippen LogP contribution in [-0.4, -0.2) is 24.0 Å². The van der Waals surface area contributed by atoms with Crippen molar-refractivity contribution in [3.8, 4) is 11.1 Å². The maximum Gasteiger partial charge on any atom is 0.227 e. The Morgan fingerprint density at radius 3 is 2.37 bits per heavy atom. The summed E-state index contributed by atoms with van der Waals surface area (Å²) in [5.74, 6) is -0.726. The van der Waals surface area contributed by atoms with E-state index in [2.05, 4.69) is 34.9 Å². The van der Waals surface area contributed by atoms with Crippen molar-refractivity contribution in [2.24, 2.45) is 0 Å². The first-order valence-corrected chi connectivity index (χ1v) is 15.4. The Morgan fingerprint density at radius 1 is 0.854 bits per heavy atom. The van der Waals surface area contributed by atoms with Gasteiger partial charge in [0, 0.05) is 35.4 Å². The zero-order valence-corrected chi connectivity index (χ0v) is 24.2. The Kier molecular flexibility index (Phi) is 10.0. The molecule has 0 bridgehead atoms. The van der Waals surface area contributed by atoms with Crippen molar-refractivity contribution >= 4 is 22.5 Å². The van der Waals surface area contributed by atoms with E-state index in [9.17, 15) is 9.18 Å². The van der Waals surface area contributed by atoms with Gasteiger partial charge in [0.15, 0.2) is 0 Å². The molecule has 0 radical (unpaired) electrons. The minimum Gasteiger partial charge on any atom is -0.384 e. The molecule has 0 saturated carbocycles. The molecule has 214 valence electrons. The fourth-order valence-corrected chi connectivity index (χ4v) is 5.91. The predicted octanol–water partition coefficient (Wildman–Crippen LogP) is 8.59. The number of nitrogens with one attached hydrogen (secondary N) is 2. The van der Waals surface area contributed by atoms with Gasteiger partial charge in [0.05, 0.1) is 11.4 Å². The second-order valence-corrected chi connectivity index (χ2v) is 11.3. The van der Waals surface area contributed by atoms with E-state index in [4.69, 9.17) is 4.98 Å². The lowest BCUT2D eigenvalue weighted by Crippen LogP contribution is -2.28. The molecule has 1 atom stereocenters. The highest BCUT2D eigenvalue weighted by atomic mass is 19.1. The third-order valence-electron chi connectivity index (χ3n) is 8.35. The highest BCUT2D eigenvalue weighted by Crippen LogP contribution is 2.33. The minimum atomic E-state index is -0.384. The molecule has 0 fully saturated rings. The van der Waals surface area contributed by atoms with E-state index in [1.54, 1.807) is 6.07 Å². The molecule has 1 unspecified atom stereocenters. The van der Waals surface area contributed by atoms with E-state index in [1.807, 2.05) is 43.3 Å². The molecule has 41 heavy (non-hydrogen) atoms. The predicted molar refractivity (Wildman–Crippen MR) is 168 cm³/mol. The summed E-state index contributed by atoms with van der Waals surface area (Å²) in [6, 6.07) is 23.1. The lowest BCUT2D eigenvalue weighted by atomic mass is 9.92. The van der Waals surface area contributed by atoms with Crippen LogP contribution in [0, 0.1) is 5.82 Å². The number of anilines is 1. The van der Waals surface area contributed by atoms with Crippen molar-refractivity contribution < 1.29 is 9.18 Å². The van der Waals surface area contributed by atoms with Crippen LogP contribution in [0.3, 0.4) is 0 Å². The van der Waals surface area contributed by atoms with Crippen LogP contribution < -0.4 is 10.6 Å². The number of aryl methyl sites for hydroxylation is 1. The van der Waals surface area contributed by atoms with Gasteiger partial charge in [-0.1, -0.05) is 86.3 Å². The number of halogens is 1. The van der Waals surface area contributed by atoms with Crippen LogP contribution in [0.15, 0.2) is 72.8 Å². The first kappa shape index (κ1) is 28.8. The molecule has 5 heteroatoms. The molecular formula is C36H42FN3O. The fourth-order valence-electron chi connectivity index (χ4n) is 5.91. The van der Waals surface area contributed by atoms with Gasteiger partial charge in [0.2, 0.25) is 5.91 Å². The maximum absolute atomic E-state index is 14.7. The number of benzene rings is 3. The van der Waals surface area contributed by atoms with Crippen LogP contribution in [0.1, 0.15) is 81.0 Å². The van der Waals surface area contributed by atoms with Crippen LogP contribution in [0.2, 0.25) is 0 Å². The summed E-state index contributed by atoms with van der Waals surface area (Å²) in [4.78, 5) is 17.6. The van der Waals surface area contributed by atoms with Gasteiger partial charge in [-0.2, -0.15) is 0 Å². The SMILES string of the molecule is CC(C(=O)NCCCCCCCCNc1c2c(nc3ccccc13)CCCC2)c1ccc(-c2ccccc2)c(F)c1. The molecule has 5 rings (SSSR count). The zero-order valence-electron chi connectivity index (χ0n) is 24.2. The van der Waals surface area contributed by atoms with Crippen LogP contribution in [-0.2, 0) is 17.6 Å². The maximum atomic E-state index is 14.7. The van der Waals surface area contributed by atoms with Gasteiger partial charge >= 0.3 is 0 Å². The molecular weight excluding hydrogens is 509 g/mol. The Bertz CT molecular complexity index is 1450. The Hall–Kier alpha value is -3.73. The van der Waals surface area contributed by atoms with Gasteiger partial charge in [-0.25, -0.2) is 4.39 Å². The Labute approximate surface area is 243 Å². The number of aromatic nitrogens is 1. The van der Waals surface area contributed by atoms with Crippen LogP contribution in [0.4, 0.5) is 10.1 Å². The third-order valence-corrected chi connectivity index (χ3v) is 8.35. The molecule has 0 saturated heterocycles. The molecule has 4 nitrogen and oxygen atoms in total. The van der Waals surface area contributed by atoms with Crippen molar-refractivity contribution in [3.63, 3.8) is 0 Å². The summed E-state index contributed by atoms with van der Waals surface area (Å²) in [5.41, 5.74) is 7.23. The minimum absolute atomic E-state index is 0.0474. The molecule has 1 amide bonds. The molecule has 1 heterocycles. The highest BCUT2D eigenvalue weighted by Gasteiger charge is 2.18. The Morgan fingerprint density at radius 2 is 1.56 bits per heavy atom. The monoisotopic (exact) mass is 551 g/mol. The average Bonchev–Trinajstić information content (AvgIpc) is 3.01. The van der Waals surface area contributed by atoms with Gasteiger partial charge in [0.25, 0.3) is 0 Å². The number of nitrogens with zero attached hydrogens (tertiary/aromatic N) is 1. The summed E-state index contributed by atoms with van der Waals surface area (Å²) in [5, 5.41) is 8.06.